The van der Waals surface area contributed by atoms with Crippen molar-refractivity contribution < 1.29 is 49.0 Å². The summed E-state index contributed by atoms with van der Waals surface area (Å²) in [6.07, 6.45) is -7.48. The molecule has 2 aromatic carbocycles. The van der Waals surface area contributed by atoms with Crippen LogP contribution in [0.3, 0.4) is 0 Å². The largest absolute Gasteiger partial charge is 0.527 e. The van der Waals surface area contributed by atoms with E-state index in [0.717, 1.165) is 42.8 Å². The van der Waals surface area contributed by atoms with Crippen LogP contribution < -0.4 is 4.74 Å². The predicted molar refractivity (Wildman–Crippen MR) is 119 cm³/mol. The quantitative estimate of drug-likeness (QED) is 0.180. The molecule has 1 fully saturated rings. The van der Waals surface area contributed by atoms with Gasteiger partial charge in [0.15, 0.2) is 0 Å². The normalized spacial score (nSPS) is 19.0. The van der Waals surface area contributed by atoms with Gasteiger partial charge in [0.1, 0.15) is 29.0 Å². The Kier molecular flexibility index (Phi) is 9.20. The highest BCUT2D eigenvalue weighted by Gasteiger charge is 2.51. The molecule has 3 rings (SSSR count). The summed E-state index contributed by atoms with van der Waals surface area (Å²) in [5.41, 5.74) is -0.853. The Bertz CT molecular complexity index is 1060. The van der Waals surface area contributed by atoms with Gasteiger partial charge in [-0.25, -0.2) is 22.3 Å². The SMILES string of the molecule is CCCCOc1cc(F)c(C=Cc2cc(F)c(C3CCC(C(F)(F)OC(F)(F)F)CC3)c(F)c2)c(F)c1. The van der Waals surface area contributed by atoms with Crippen molar-refractivity contribution in [2.45, 2.75) is 63.8 Å². The molecule has 0 spiro atoms. The fourth-order valence-electron chi connectivity index (χ4n) is 4.36. The van der Waals surface area contributed by atoms with Gasteiger partial charge in [0.25, 0.3) is 0 Å². The number of hydrogen-bond acceptors (Lipinski definition) is 2. The second-order valence-electron chi connectivity index (χ2n) is 8.89. The van der Waals surface area contributed by atoms with Crippen LogP contribution in [0.4, 0.5) is 39.5 Å². The van der Waals surface area contributed by atoms with E-state index in [9.17, 15) is 39.5 Å². The lowest BCUT2D eigenvalue weighted by Crippen LogP contribution is -2.38. The molecule has 11 heteroatoms. The first-order chi connectivity index (χ1) is 17.3. The summed E-state index contributed by atoms with van der Waals surface area (Å²) in [5.74, 6) is -6.41. The van der Waals surface area contributed by atoms with Crippen LogP contribution in [-0.2, 0) is 4.74 Å². The molecule has 0 aliphatic heterocycles. The Hall–Kier alpha value is -2.69. The molecule has 2 aromatic rings. The zero-order valence-corrected chi connectivity index (χ0v) is 19.8. The van der Waals surface area contributed by atoms with Crippen molar-refractivity contribution >= 4 is 12.2 Å². The van der Waals surface area contributed by atoms with Crippen LogP contribution in [0.2, 0.25) is 0 Å². The van der Waals surface area contributed by atoms with Crippen molar-refractivity contribution in [3.63, 3.8) is 0 Å². The highest BCUT2D eigenvalue weighted by atomic mass is 19.4. The maximum Gasteiger partial charge on any atom is 0.527 e. The van der Waals surface area contributed by atoms with E-state index in [1.165, 1.54) is 0 Å². The fourth-order valence-corrected chi connectivity index (χ4v) is 4.36. The first-order valence-corrected chi connectivity index (χ1v) is 11.7. The third kappa shape index (κ3) is 7.66. The average molecular weight is 540 g/mol. The molecule has 0 N–H and O–H groups in total. The van der Waals surface area contributed by atoms with E-state index in [0.29, 0.717) is 13.0 Å². The molecule has 1 aliphatic carbocycles. The van der Waals surface area contributed by atoms with E-state index in [4.69, 9.17) is 4.74 Å². The highest BCUT2D eigenvalue weighted by Crippen LogP contribution is 2.45. The molecular weight excluding hydrogens is 515 g/mol. The molecule has 0 atom stereocenters. The Morgan fingerprint density at radius 2 is 1.38 bits per heavy atom. The van der Waals surface area contributed by atoms with Gasteiger partial charge in [-0.05, 0) is 61.8 Å². The van der Waals surface area contributed by atoms with Gasteiger partial charge in [-0.2, -0.15) is 8.78 Å². The monoisotopic (exact) mass is 540 g/mol. The molecule has 1 saturated carbocycles. The first kappa shape index (κ1) is 28.9. The Morgan fingerprint density at radius 3 is 1.89 bits per heavy atom. The molecule has 0 aromatic heterocycles. The third-order valence-corrected chi connectivity index (χ3v) is 6.23. The van der Waals surface area contributed by atoms with E-state index in [2.05, 4.69) is 4.74 Å². The summed E-state index contributed by atoms with van der Waals surface area (Å²) in [4.78, 5) is 0. The molecule has 0 amide bonds. The number of rotatable bonds is 9. The van der Waals surface area contributed by atoms with Crippen molar-refractivity contribution in [1.82, 2.24) is 0 Å². The van der Waals surface area contributed by atoms with E-state index in [1.807, 2.05) is 6.92 Å². The van der Waals surface area contributed by atoms with Crippen LogP contribution in [0.15, 0.2) is 24.3 Å². The van der Waals surface area contributed by atoms with Gasteiger partial charge < -0.3 is 4.74 Å². The lowest BCUT2D eigenvalue weighted by molar-refractivity contribution is -0.438. The maximum atomic E-state index is 14.8. The minimum absolute atomic E-state index is 0.0134. The van der Waals surface area contributed by atoms with Crippen LogP contribution in [0, 0.1) is 29.2 Å². The zero-order chi connectivity index (χ0) is 27.4. The minimum atomic E-state index is -5.52. The summed E-state index contributed by atoms with van der Waals surface area (Å²) in [6.45, 7) is 2.22. The lowest BCUT2D eigenvalue weighted by Gasteiger charge is -2.33. The molecule has 2 nitrogen and oxygen atoms in total. The topological polar surface area (TPSA) is 18.5 Å². The number of halogens is 9. The van der Waals surface area contributed by atoms with Crippen molar-refractivity contribution in [2.24, 2.45) is 5.92 Å². The summed E-state index contributed by atoms with van der Waals surface area (Å²) in [5, 5.41) is 0. The van der Waals surface area contributed by atoms with Crippen LogP contribution >= 0.6 is 0 Å². The van der Waals surface area contributed by atoms with Crippen LogP contribution in [-0.4, -0.2) is 19.1 Å². The standard InChI is InChI=1S/C26H25F9O2/c1-2-3-10-36-18-13-20(27)19(21(28)14-18)9-4-15-11-22(29)24(23(30)12-15)16-5-7-17(8-6-16)25(31,32)37-26(33,34)35/h4,9,11-14,16-17H,2-3,5-8,10H2,1H3. The van der Waals surface area contributed by atoms with Gasteiger partial charge in [0.2, 0.25) is 0 Å². The number of unbranched alkanes of at least 4 members (excludes halogenated alkanes) is 1. The van der Waals surface area contributed by atoms with Gasteiger partial charge in [0, 0.05) is 23.3 Å². The van der Waals surface area contributed by atoms with E-state index in [1.54, 1.807) is 0 Å². The van der Waals surface area contributed by atoms with Crippen molar-refractivity contribution in [3.8, 4) is 5.75 Å². The van der Waals surface area contributed by atoms with Crippen LogP contribution in [0.5, 0.6) is 5.75 Å². The van der Waals surface area contributed by atoms with Gasteiger partial charge in [-0.1, -0.05) is 19.4 Å². The number of hydrogen-bond donors (Lipinski definition) is 0. The van der Waals surface area contributed by atoms with E-state index in [-0.39, 0.29) is 29.7 Å². The molecule has 0 heterocycles. The highest BCUT2D eigenvalue weighted by molar-refractivity contribution is 5.70. The lowest BCUT2D eigenvalue weighted by atomic mass is 9.77. The number of benzene rings is 2. The fraction of sp³-hybridized carbons (Fsp3) is 0.462. The minimum Gasteiger partial charge on any atom is -0.493 e. The van der Waals surface area contributed by atoms with Gasteiger partial charge in [0.05, 0.1) is 12.5 Å². The molecule has 204 valence electrons. The smallest absolute Gasteiger partial charge is 0.493 e. The summed E-state index contributed by atoms with van der Waals surface area (Å²) in [6, 6.07) is 3.87. The Balaban J connectivity index is 1.71. The molecule has 0 bridgehead atoms. The first-order valence-electron chi connectivity index (χ1n) is 11.7. The molecule has 37 heavy (non-hydrogen) atoms. The molecule has 1 aliphatic rings. The summed E-state index contributed by atoms with van der Waals surface area (Å²) < 4.78 is 131. The second kappa shape index (κ2) is 11.8. The van der Waals surface area contributed by atoms with Gasteiger partial charge in [-0.15, -0.1) is 13.2 Å². The van der Waals surface area contributed by atoms with E-state index >= 15 is 0 Å². The molecule has 0 radical (unpaired) electrons. The molecule has 0 unspecified atom stereocenters. The van der Waals surface area contributed by atoms with E-state index < -0.39 is 66.0 Å². The Labute approximate surface area is 208 Å². The number of ether oxygens (including phenoxy) is 2. The average Bonchev–Trinajstić information content (AvgIpc) is 2.77. The predicted octanol–water partition coefficient (Wildman–Crippen LogP) is 9.00. The van der Waals surface area contributed by atoms with Crippen molar-refractivity contribution in [3.05, 3.63) is 64.2 Å². The van der Waals surface area contributed by atoms with Gasteiger partial charge >= 0.3 is 12.5 Å². The molecular formula is C26H25F9O2. The Morgan fingerprint density at radius 1 is 0.811 bits per heavy atom. The van der Waals surface area contributed by atoms with Crippen LogP contribution in [0.1, 0.15) is 68.1 Å². The molecule has 0 saturated heterocycles. The summed E-state index contributed by atoms with van der Waals surface area (Å²) in [7, 11) is 0. The van der Waals surface area contributed by atoms with Crippen molar-refractivity contribution in [2.75, 3.05) is 6.61 Å². The number of alkyl halides is 5. The van der Waals surface area contributed by atoms with Crippen LogP contribution in [0.25, 0.3) is 12.2 Å². The zero-order valence-electron chi connectivity index (χ0n) is 19.8. The second-order valence-corrected chi connectivity index (χ2v) is 8.89. The summed E-state index contributed by atoms with van der Waals surface area (Å²) >= 11 is 0. The third-order valence-electron chi connectivity index (χ3n) is 6.23. The maximum absolute atomic E-state index is 14.8. The van der Waals surface area contributed by atoms with Gasteiger partial charge in [-0.3, -0.25) is 0 Å². The van der Waals surface area contributed by atoms with Crippen molar-refractivity contribution in [1.29, 1.82) is 0 Å².